The molecule has 3 rings (SSSR count). The molecule has 0 unspecified atom stereocenters. The molecule has 0 saturated heterocycles. The predicted octanol–water partition coefficient (Wildman–Crippen LogP) is 4.99. The molecule has 3 aromatic rings. The molecule has 2 heterocycles. The van der Waals surface area contributed by atoms with Gasteiger partial charge in [0.2, 0.25) is 5.88 Å². The fraction of sp³-hybridized carbons (Fsp3) is 0.263. The Morgan fingerprint density at radius 3 is 2.19 bits per heavy atom. The smallest absolute Gasteiger partial charge is 0.222 e. The van der Waals surface area contributed by atoms with Crippen LogP contribution in [-0.2, 0) is 0 Å². The standard InChI is InChI=1S/C19H19Cl2N3O3/c1-9(2)27-19-11-6-15(22)23-8-10(11)5-12(24-19)16-17(20)13(25-3)7-14(26-4)18(16)21/h5-9H,1-4H3,(H2,22,23). The Kier molecular flexibility index (Phi) is 5.48. The highest BCUT2D eigenvalue weighted by Crippen LogP contribution is 2.46. The summed E-state index contributed by atoms with van der Waals surface area (Å²) in [5.41, 5.74) is 6.83. The van der Waals surface area contributed by atoms with Gasteiger partial charge in [-0.3, -0.25) is 0 Å². The second-order valence-corrected chi connectivity index (χ2v) is 6.85. The molecule has 0 spiro atoms. The summed E-state index contributed by atoms with van der Waals surface area (Å²) in [5, 5.41) is 2.20. The number of fused-ring (bicyclic) bond motifs is 1. The van der Waals surface area contributed by atoms with Crippen LogP contribution in [0.5, 0.6) is 17.4 Å². The van der Waals surface area contributed by atoms with E-state index in [2.05, 4.69) is 9.97 Å². The molecular formula is C19H19Cl2N3O3. The van der Waals surface area contributed by atoms with Gasteiger partial charge in [0.05, 0.1) is 36.1 Å². The van der Waals surface area contributed by atoms with E-state index in [9.17, 15) is 0 Å². The Morgan fingerprint density at radius 1 is 1.00 bits per heavy atom. The van der Waals surface area contributed by atoms with E-state index < -0.39 is 0 Å². The van der Waals surface area contributed by atoms with Gasteiger partial charge in [0.25, 0.3) is 0 Å². The van der Waals surface area contributed by atoms with Crippen molar-refractivity contribution in [2.45, 2.75) is 20.0 Å². The lowest BCUT2D eigenvalue weighted by molar-refractivity contribution is 0.236. The van der Waals surface area contributed by atoms with Gasteiger partial charge in [-0.2, -0.15) is 0 Å². The summed E-state index contributed by atoms with van der Waals surface area (Å²) in [6.07, 6.45) is 1.57. The van der Waals surface area contributed by atoms with Gasteiger partial charge in [-0.25, -0.2) is 9.97 Å². The molecule has 8 heteroatoms. The predicted molar refractivity (Wildman–Crippen MR) is 108 cm³/mol. The summed E-state index contributed by atoms with van der Waals surface area (Å²) in [5.74, 6) is 1.65. The first-order chi connectivity index (χ1) is 12.8. The van der Waals surface area contributed by atoms with Gasteiger partial charge < -0.3 is 19.9 Å². The number of hydrogen-bond donors (Lipinski definition) is 1. The van der Waals surface area contributed by atoms with Crippen LogP contribution in [0.25, 0.3) is 22.0 Å². The van der Waals surface area contributed by atoms with Crippen molar-refractivity contribution < 1.29 is 14.2 Å². The maximum Gasteiger partial charge on any atom is 0.222 e. The van der Waals surface area contributed by atoms with Crippen LogP contribution in [0.1, 0.15) is 13.8 Å². The number of benzene rings is 1. The topological polar surface area (TPSA) is 79.5 Å². The largest absolute Gasteiger partial charge is 0.495 e. The minimum atomic E-state index is -0.0869. The average molecular weight is 408 g/mol. The lowest BCUT2D eigenvalue weighted by Gasteiger charge is -2.17. The fourth-order valence-corrected chi connectivity index (χ4v) is 3.38. The van der Waals surface area contributed by atoms with Crippen molar-refractivity contribution in [3.8, 4) is 28.6 Å². The third kappa shape index (κ3) is 3.68. The fourth-order valence-electron chi connectivity index (χ4n) is 2.68. The number of nitrogens with two attached hydrogens (primary N) is 1. The Bertz CT molecular complexity index is 981. The minimum absolute atomic E-state index is 0.0869. The number of ether oxygens (including phenoxy) is 3. The van der Waals surface area contributed by atoms with Gasteiger partial charge in [0.15, 0.2) is 0 Å². The van der Waals surface area contributed by atoms with Crippen molar-refractivity contribution in [1.29, 1.82) is 0 Å². The summed E-state index contributed by atoms with van der Waals surface area (Å²) in [4.78, 5) is 8.79. The maximum atomic E-state index is 6.53. The molecule has 1 aromatic carbocycles. The van der Waals surface area contributed by atoms with Crippen LogP contribution >= 0.6 is 23.2 Å². The molecule has 0 amide bonds. The van der Waals surface area contributed by atoms with Crippen LogP contribution < -0.4 is 19.9 Å². The first-order valence-electron chi connectivity index (χ1n) is 8.19. The van der Waals surface area contributed by atoms with E-state index in [4.69, 9.17) is 43.1 Å². The van der Waals surface area contributed by atoms with Crippen LogP contribution in [-0.4, -0.2) is 30.3 Å². The number of nitrogens with zero attached hydrogens (tertiary/aromatic N) is 2. The third-order valence-corrected chi connectivity index (χ3v) is 4.63. The molecule has 0 radical (unpaired) electrons. The molecule has 2 N–H and O–H groups in total. The van der Waals surface area contributed by atoms with Gasteiger partial charge in [-0.05, 0) is 26.0 Å². The second kappa shape index (κ2) is 7.66. The summed E-state index contributed by atoms with van der Waals surface area (Å²) < 4.78 is 16.6. The molecule has 0 aliphatic carbocycles. The highest BCUT2D eigenvalue weighted by Gasteiger charge is 2.21. The zero-order valence-electron chi connectivity index (χ0n) is 15.3. The van der Waals surface area contributed by atoms with Gasteiger partial charge in [-0.1, -0.05) is 23.2 Å². The van der Waals surface area contributed by atoms with Crippen LogP contribution in [0.3, 0.4) is 0 Å². The van der Waals surface area contributed by atoms with Gasteiger partial charge in [0, 0.05) is 28.6 Å². The Hall–Kier alpha value is -2.44. The quantitative estimate of drug-likeness (QED) is 0.641. The molecule has 0 aliphatic rings. The highest BCUT2D eigenvalue weighted by atomic mass is 35.5. The molecule has 0 fully saturated rings. The van der Waals surface area contributed by atoms with E-state index in [1.54, 1.807) is 18.3 Å². The molecule has 6 nitrogen and oxygen atoms in total. The normalized spacial score (nSPS) is 11.1. The summed E-state index contributed by atoms with van der Waals surface area (Å²) in [7, 11) is 3.04. The second-order valence-electron chi connectivity index (χ2n) is 6.09. The number of nitrogen functional groups attached to an aromatic ring is 1. The number of aromatic nitrogens is 2. The molecule has 2 aromatic heterocycles. The van der Waals surface area contributed by atoms with E-state index in [-0.39, 0.29) is 6.10 Å². The number of rotatable bonds is 5. The van der Waals surface area contributed by atoms with Crippen LogP contribution in [0.15, 0.2) is 24.4 Å². The number of hydrogen-bond acceptors (Lipinski definition) is 6. The molecular weight excluding hydrogens is 389 g/mol. The number of anilines is 1. The molecule has 27 heavy (non-hydrogen) atoms. The molecule has 0 atom stereocenters. The summed E-state index contributed by atoms with van der Waals surface area (Å²) >= 11 is 13.1. The lowest BCUT2D eigenvalue weighted by atomic mass is 10.1. The minimum Gasteiger partial charge on any atom is -0.495 e. The average Bonchev–Trinajstić information content (AvgIpc) is 2.62. The number of halogens is 2. The number of pyridine rings is 2. The monoisotopic (exact) mass is 407 g/mol. The molecule has 0 saturated carbocycles. The third-order valence-electron chi connectivity index (χ3n) is 3.88. The van der Waals surface area contributed by atoms with Gasteiger partial charge in [0.1, 0.15) is 17.3 Å². The molecule has 142 valence electrons. The summed E-state index contributed by atoms with van der Waals surface area (Å²) in [6, 6.07) is 5.17. The van der Waals surface area contributed by atoms with Crippen molar-refractivity contribution in [3.05, 3.63) is 34.4 Å². The van der Waals surface area contributed by atoms with Gasteiger partial charge in [-0.15, -0.1) is 0 Å². The van der Waals surface area contributed by atoms with Crippen molar-refractivity contribution >= 4 is 39.8 Å². The van der Waals surface area contributed by atoms with E-state index >= 15 is 0 Å². The van der Waals surface area contributed by atoms with Crippen LogP contribution in [0.2, 0.25) is 10.0 Å². The Balaban J connectivity index is 2.34. The lowest BCUT2D eigenvalue weighted by Crippen LogP contribution is -2.08. The zero-order valence-corrected chi connectivity index (χ0v) is 16.9. The first kappa shape index (κ1) is 19.3. The number of methoxy groups -OCH3 is 2. The maximum absolute atomic E-state index is 6.53. The van der Waals surface area contributed by atoms with E-state index in [1.165, 1.54) is 14.2 Å². The zero-order chi connectivity index (χ0) is 19.7. The first-order valence-corrected chi connectivity index (χ1v) is 8.94. The Labute approximate surface area is 167 Å². The van der Waals surface area contributed by atoms with E-state index in [0.717, 1.165) is 10.8 Å². The van der Waals surface area contributed by atoms with Crippen LogP contribution in [0, 0.1) is 0 Å². The molecule has 0 bridgehead atoms. The van der Waals surface area contributed by atoms with Crippen LogP contribution in [0.4, 0.5) is 5.82 Å². The van der Waals surface area contributed by atoms with E-state index in [0.29, 0.717) is 44.5 Å². The highest BCUT2D eigenvalue weighted by molar-refractivity contribution is 6.41. The SMILES string of the molecule is COc1cc(OC)c(Cl)c(-c2cc3cnc(N)cc3c(OC(C)C)n2)c1Cl. The van der Waals surface area contributed by atoms with Crippen molar-refractivity contribution in [2.75, 3.05) is 20.0 Å². The Morgan fingerprint density at radius 2 is 1.63 bits per heavy atom. The summed E-state index contributed by atoms with van der Waals surface area (Å²) in [6.45, 7) is 3.83. The van der Waals surface area contributed by atoms with Crippen molar-refractivity contribution in [3.63, 3.8) is 0 Å². The van der Waals surface area contributed by atoms with Crippen molar-refractivity contribution in [1.82, 2.24) is 9.97 Å². The van der Waals surface area contributed by atoms with Gasteiger partial charge >= 0.3 is 0 Å². The van der Waals surface area contributed by atoms with E-state index in [1.807, 2.05) is 19.9 Å². The van der Waals surface area contributed by atoms with Crippen molar-refractivity contribution in [2.24, 2.45) is 0 Å². The molecule has 0 aliphatic heterocycles.